The molecule has 1 aromatic heterocycles. The van der Waals surface area contributed by atoms with Gasteiger partial charge in [-0.2, -0.15) is 0 Å². The molecule has 0 saturated heterocycles. The second-order valence-electron chi connectivity index (χ2n) is 5.23. The van der Waals surface area contributed by atoms with Crippen LogP contribution in [0, 0.1) is 0 Å². The Hall–Kier alpha value is -1.59. The van der Waals surface area contributed by atoms with Gasteiger partial charge in [-0.25, -0.2) is 4.98 Å². The van der Waals surface area contributed by atoms with Gasteiger partial charge in [0.1, 0.15) is 5.01 Å². The van der Waals surface area contributed by atoms with Gasteiger partial charge >= 0.3 is 0 Å². The first-order valence-electron chi connectivity index (χ1n) is 7.10. The second kappa shape index (κ2) is 6.03. The minimum Gasteiger partial charge on any atom is -0.493 e. The van der Waals surface area contributed by atoms with Gasteiger partial charge in [-0.05, 0) is 36.6 Å². The molecule has 21 heavy (non-hydrogen) atoms. The summed E-state index contributed by atoms with van der Waals surface area (Å²) < 4.78 is 10.8. The fourth-order valence-electron chi connectivity index (χ4n) is 2.92. The number of hydrogen-bond acceptors (Lipinski definition) is 5. The molecule has 112 valence electrons. The number of methoxy groups -OCH3 is 2. The average molecular weight is 304 g/mol. The lowest BCUT2D eigenvalue weighted by Gasteiger charge is -2.35. The Morgan fingerprint density at radius 1 is 1.29 bits per heavy atom. The van der Waals surface area contributed by atoms with Crippen molar-refractivity contribution in [2.75, 3.05) is 20.8 Å². The van der Waals surface area contributed by atoms with Crippen molar-refractivity contribution in [3.05, 3.63) is 39.8 Å². The van der Waals surface area contributed by atoms with Gasteiger partial charge in [0, 0.05) is 24.2 Å². The molecule has 0 saturated carbocycles. The first kappa shape index (κ1) is 14.4. The number of benzene rings is 1. The molecule has 1 atom stereocenters. The van der Waals surface area contributed by atoms with Crippen LogP contribution in [0.2, 0.25) is 0 Å². The molecule has 1 aromatic carbocycles. The first-order chi connectivity index (χ1) is 10.2. The van der Waals surface area contributed by atoms with Crippen molar-refractivity contribution in [3.63, 3.8) is 0 Å². The van der Waals surface area contributed by atoms with Crippen molar-refractivity contribution in [2.24, 2.45) is 0 Å². The van der Waals surface area contributed by atoms with Crippen LogP contribution in [0.15, 0.2) is 23.7 Å². The fourth-order valence-corrected chi connectivity index (χ4v) is 3.56. The van der Waals surface area contributed by atoms with E-state index in [1.54, 1.807) is 25.6 Å². The van der Waals surface area contributed by atoms with Gasteiger partial charge in [-0.3, -0.25) is 4.90 Å². The van der Waals surface area contributed by atoms with Gasteiger partial charge in [-0.15, -0.1) is 11.3 Å². The Kier molecular flexibility index (Phi) is 4.12. The van der Waals surface area contributed by atoms with Crippen LogP contribution in [0.4, 0.5) is 0 Å². The molecule has 2 aromatic rings. The van der Waals surface area contributed by atoms with E-state index in [9.17, 15) is 0 Å². The molecule has 0 spiro atoms. The van der Waals surface area contributed by atoms with Crippen molar-refractivity contribution >= 4 is 11.3 Å². The van der Waals surface area contributed by atoms with Crippen LogP contribution < -0.4 is 9.47 Å². The largest absolute Gasteiger partial charge is 0.493 e. The molecule has 3 rings (SSSR count). The molecule has 0 N–H and O–H groups in total. The summed E-state index contributed by atoms with van der Waals surface area (Å²) in [5.41, 5.74) is 2.69. The van der Waals surface area contributed by atoms with Gasteiger partial charge in [0.2, 0.25) is 0 Å². The number of aromatic nitrogens is 1. The predicted octanol–water partition coefficient (Wildman–Crippen LogP) is 3.28. The Labute approximate surface area is 129 Å². The summed E-state index contributed by atoms with van der Waals surface area (Å²) in [6.45, 7) is 4.20. The summed E-state index contributed by atoms with van der Waals surface area (Å²) in [7, 11) is 3.37. The molecule has 0 bridgehead atoms. The van der Waals surface area contributed by atoms with Crippen molar-refractivity contribution in [1.82, 2.24) is 9.88 Å². The molecule has 1 aliphatic rings. The number of thiazole rings is 1. The Morgan fingerprint density at radius 3 is 2.71 bits per heavy atom. The number of ether oxygens (including phenoxy) is 2. The van der Waals surface area contributed by atoms with Gasteiger partial charge in [0.25, 0.3) is 0 Å². The van der Waals surface area contributed by atoms with Crippen LogP contribution in [-0.4, -0.2) is 30.6 Å². The molecule has 0 aliphatic carbocycles. The zero-order valence-electron chi connectivity index (χ0n) is 12.6. The minimum atomic E-state index is 0.359. The third-order valence-electron chi connectivity index (χ3n) is 4.13. The van der Waals surface area contributed by atoms with Crippen LogP contribution in [0.5, 0.6) is 11.5 Å². The minimum absolute atomic E-state index is 0.359. The summed E-state index contributed by atoms with van der Waals surface area (Å²) in [5, 5.41) is 3.21. The quantitative estimate of drug-likeness (QED) is 0.868. The van der Waals surface area contributed by atoms with Crippen molar-refractivity contribution in [3.8, 4) is 11.5 Å². The number of nitrogens with zero attached hydrogens (tertiary/aromatic N) is 2. The van der Waals surface area contributed by atoms with Gasteiger partial charge in [-0.1, -0.05) is 0 Å². The Morgan fingerprint density at radius 2 is 2.05 bits per heavy atom. The highest BCUT2D eigenvalue weighted by Gasteiger charge is 2.26. The number of rotatable bonds is 4. The summed E-state index contributed by atoms with van der Waals surface area (Å²) >= 11 is 1.72. The molecule has 0 unspecified atom stereocenters. The highest BCUT2D eigenvalue weighted by Crippen LogP contribution is 2.38. The van der Waals surface area contributed by atoms with Gasteiger partial charge < -0.3 is 9.47 Å². The van der Waals surface area contributed by atoms with Crippen LogP contribution in [-0.2, 0) is 13.0 Å². The van der Waals surface area contributed by atoms with Gasteiger partial charge in [0.05, 0.1) is 20.8 Å². The topological polar surface area (TPSA) is 34.6 Å². The van der Waals surface area contributed by atoms with E-state index in [0.717, 1.165) is 31.0 Å². The maximum absolute atomic E-state index is 5.44. The molecule has 0 radical (unpaired) electrons. The molecule has 4 nitrogen and oxygen atoms in total. The number of hydrogen-bond donors (Lipinski definition) is 0. The smallest absolute Gasteiger partial charge is 0.161 e. The molecule has 2 heterocycles. The third-order valence-corrected chi connectivity index (χ3v) is 4.90. The van der Waals surface area contributed by atoms with E-state index in [0.29, 0.717) is 6.04 Å². The summed E-state index contributed by atoms with van der Waals surface area (Å²) in [6, 6.07) is 4.59. The highest BCUT2D eigenvalue weighted by atomic mass is 32.1. The van der Waals surface area contributed by atoms with Crippen LogP contribution in [0.3, 0.4) is 0 Å². The predicted molar refractivity (Wildman–Crippen MR) is 84.2 cm³/mol. The molecule has 1 aliphatic heterocycles. The maximum atomic E-state index is 5.44. The van der Waals surface area contributed by atoms with Gasteiger partial charge in [0.15, 0.2) is 11.5 Å². The SMILES string of the molecule is COc1cc2c(cc1OC)[C@@H](C)N(Cc1nccs1)CC2. The molecular formula is C16H20N2O2S. The van der Waals surface area contributed by atoms with Crippen LogP contribution >= 0.6 is 11.3 Å². The van der Waals surface area contributed by atoms with E-state index in [2.05, 4.69) is 28.9 Å². The van der Waals surface area contributed by atoms with E-state index in [1.165, 1.54) is 16.1 Å². The van der Waals surface area contributed by atoms with Crippen molar-refractivity contribution < 1.29 is 9.47 Å². The average Bonchev–Trinajstić information content (AvgIpc) is 3.02. The van der Waals surface area contributed by atoms with Crippen molar-refractivity contribution in [1.29, 1.82) is 0 Å². The fraction of sp³-hybridized carbons (Fsp3) is 0.438. The van der Waals surface area contributed by atoms with Crippen molar-refractivity contribution in [2.45, 2.75) is 25.9 Å². The standard InChI is InChI=1S/C16H20N2O2S/c1-11-13-9-15(20-3)14(19-2)8-12(13)4-6-18(11)10-16-17-5-7-21-16/h5,7-9,11H,4,6,10H2,1-3H3/t11-/m1/s1. The normalized spacial score (nSPS) is 18.3. The Balaban J connectivity index is 1.88. The van der Waals surface area contributed by atoms with Crippen LogP contribution in [0.1, 0.15) is 29.1 Å². The van der Waals surface area contributed by atoms with E-state index >= 15 is 0 Å². The molecule has 0 fully saturated rings. The summed E-state index contributed by atoms with van der Waals surface area (Å²) in [5.74, 6) is 1.62. The number of fused-ring (bicyclic) bond motifs is 1. The molecular weight excluding hydrogens is 284 g/mol. The van der Waals surface area contributed by atoms with E-state index in [4.69, 9.17) is 9.47 Å². The van der Waals surface area contributed by atoms with E-state index in [-0.39, 0.29) is 0 Å². The first-order valence-corrected chi connectivity index (χ1v) is 7.98. The maximum Gasteiger partial charge on any atom is 0.161 e. The zero-order valence-corrected chi connectivity index (χ0v) is 13.4. The van der Waals surface area contributed by atoms with E-state index < -0.39 is 0 Å². The summed E-state index contributed by atoms with van der Waals surface area (Å²) in [4.78, 5) is 6.86. The lowest BCUT2D eigenvalue weighted by molar-refractivity contribution is 0.188. The van der Waals surface area contributed by atoms with Crippen LogP contribution in [0.25, 0.3) is 0 Å². The lowest BCUT2D eigenvalue weighted by Crippen LogP contribution is -2.33. The molecule has 5 heteroatoms. The Bertz CT molecular complexity index is 613. The lowest BCUT2D eigenvalue weighted by atomic mass is 9.93. The summed E-state index contributed by atoms with van der Waals surface area (Å²) in [6.07, 6.45) is 2.90. The monoisotopic (exact) mass is 304 g/mol. The molecule has 0 amide bonds. The van der Waals surface area contributed by atoms with E-state index in [1.807, 2.05) is 11.6 Å². The second-order valence-corrected chi connectivity index (χ2v) is 6.21. The third kappa shape index (κ3) is 2.76. The zero-order chi connectivity index (χ0) is 14.8. The highest BCUT2D eigenvalue weighted by molar-refractivity contribution is 7.09.